The zero-order valence-electron chi connectivity index (χ0n) is 28.8. The van der Waals surface area contributed by atoms with E-state index in [1.54, 1.807) is 0 Å². The van der Waals surface area contributed by atoms with E-state index < -0.39 is 0 Å². The summed E-state index contributed by atoms with van der Waals surface area (Å²) in [6, 6.07) is 24.5. The maximum atomic E-state index is 13.0. The highest BCUT2D eigenvalue weighted by atomic mass is 16.5. The minimum Gasteiger partial charge on any atom is -0.423 e. The van der Waals surface area contributed by atoms with Crippen LogP contribution in [0.2, 0.25) is 0 Å². The van der Waals surface area contributed by atoms with Crippen molar-refractivity contribution in [3.63, 3.8) is 0 Å². The standard InChI is InChI=1S/C42H60O3/c1-5-8-10-12-13-14-15-16-17-22-36(21-7-3)40-23-18-19-24-41(40)37-25-27-38(28-26-37)42(43)45-39-31-29-35(30-32-39)34(4)44-33-20-11-9-6-2/h18-19,23-32,34,36H,5-17,20-22,33H2,1-4H3. The van der Waals surface area contributed by atoms with Crippen LogP contribution in [0.4, 0.5) is 0 Å². The molecule has 0 aliphatic rings. The van der Waals surface area contributed by atoms with E-state index >= 15 is 0 Å². The van der Waals surface area contributed by atoms with Gasteiger partial charge < -0.3 is 9.47 Å². The van der Waals surface area contributed by atoms with Crippen molar-refractivity contribution in [2.45, 2.75) is 142 Å². The molecule has 3 aromatic rings. The van der Waals surface area contributed by atoms with Gasteiger partial charge in [0.25, 0.3) is 0 Å². The first-order valence-corrected chi connectivity index (χ1v) is 18.2. The SMILES string of the molecule is CCCCCCCCCCCC(CCC)c1ccccc1-c1ccc(C(=O)Oc2ccc(C(C)OCCCCCC)cc2)cc1. The van der Waals surface area contributed by atoms with Gasteiger partial charge in [-0.15, -0.1) is 0 Å². The quantitative estimate of drug-likeness (QED) is 0.0607. The van der Waals surface area contributed by atoms with Crippen LogP contribution >= 0.6 is 0 Å². The van der Waals surface area contributed by atoms with Crippen molar-refractivity contribution < 1.29 is 14.3 Å². The highest BCUT2D eigenvalue weighted by Gasteiger charge is 2.17. The second kappa shape index (κ2) is 21.8. The predicted molar refractivity (Wildman–Crippen MR) is 191 cm³/mol. The van der Waals surface area contributed by atoms with Crippen LogP contribution in [0.15, 0.2) is 72.8 Å². The second-order valence-electron chi connectivity index (χ2n) is 12.8. The summed E-state index contributed by atoms with van der Waals surface area (Å²) in [7, 11) is 0. The molecule has 0 aliphatic carbocycles. The largest absolute Gasteiger partial charge is 0.423 e. The van der Waals surface area contributed by atoms with E-state index in [4.69, 9.17) is 9.47 Å². The minimum atomic E-state index is -0.336. The Bertz CT molecular complexity index is 1200. The molecule has 0 saturated heterocycles. The smallest absolute Gasteiger partial charge is 0.343 e. The number of rotatable bonds is 23. The summed E-state index contributed by atoms with van der Waals surface area (Å²) in [6.07, 6.45) is 20.7. The van der Waals surface area contributed by atoms with Gasteiger partial charge in [0.1, 0.15) is 5.75 Å². The number of carbonyl (C=O) groups is 1. The number of ether oxygens (including phenoxy) is 2. The molecule has 0 aromatic heterocycles. The first kappa shape index (κ1) is 36.6. The average Bonchev–Trinajstić information content (AvgIpc) is 3.07. The van der Waals surface area contributed by atoms with Crippen molar-refractivity contribution in [2.75, 3.05) is 6.61 Å². The van der Waals surface area contributed by atoms with Gasteiger partial charge in [0.2, 0.25) is 0 Å². The molecule has 2 atom stereocenters. The van der Waals surface area contributed by atoms with Gasteiger partial charge in [-0.25, -0.2) is 4.79 Å². The number of esters is 1. The van der Waals surface area contributed by atoms with Crippen LogP contribution in [0.1, 0.15) is 164 Å². The van der Waals surface area contributed by atoms with Gasteiger partial charge >= 0.3 is 5.97 Å². The van der Waals surface area contributed by atoms with E-state index in [2.05, 4.69) is 64.1 Å². The summed E-state index contributed by atoms with van der Waals surface area (Å²) >= 11 is 0. The molecule has 0 N–H and O–H groups in total. The Morgan fingerprint density at radius 3 is 1.87 bits per heavy atom. The summed E-state index contributed by atoms with van der Waals surface area (Å²) in [6.45, 7) is 9.64. The van der Waals surface area contributed by atoms with Crippen LogP contribution < -0.4 is 4.74 Å². The predicted octanol–water partition coefficient (Wildman–Crippen LogP) is 13.0. The first-order valence-electron chi connectivity index (χ1n) is 18.2. The molecule has 3 nitrogen and oxygen atoms in total. The van der Waals surface area contributed by atoms with Crippen LogP contribution in [0.3, 0.4) is 0 Å². The van der Waals surface area contributed by atoms with E-state index in [-0.39, 0.29) is 12.1 Å². The molecule has 3 aromatic carbocycles. The number of unbranched alkanes of at least 4 members (excludes halogenated alkanes) is 11. The maximum absolute atomic E-state index is 13.0. The van der Waals surface area contributed by atoms with Crippen LogP contribution in [-0.2, 0) is 4.74 Å². The fourth-order valence-electron chi connectivity index (χ4n) is 6.26. The van der Waals surface area contributed by atoms with Crippen molar-refractivity contribution in [3.05, 3.63) is 89.5 Å². The minimum absolute atomic E-state index is 0.0221. The Morgan fingerprint density at radius 2 is 1.22 bits per heavy atom. The van der Waals surface area contributed by atoms with Crippen molar-refractivity contribution >= 4 is 5.97 Å². The third-order valence-corrected chi connectivity index (χ3v) is 9.05. The molecular weight excluding hydrogens is 552 g/mol. The van der Waals surface area contributed by atoms with Crippen molar-refractivity contribution in [2.24, 2.45) is 0 Å². The van der Waals surface area contributed by atoms with Crippen molar-refractivity contribution in [1.29, 1.82) is 0 Å². The third kappa shape index (κ3) is 13.2. The van der Waals surface area contributed by atoms with Crippen LogP contribution in [0.5, 0.6) is 5.75 Å². The lowest BCUT2D eigenvalue weighted by Crippen LogP contribution is -2.08. The Kier molecular flexibility index (Phi) is 17.7. The van der Waals surface area contributed by atoms with Crippen LogP contribution in [0, 0.1) is 0 Å². The van der Waals surface area contributed by atoms with Gasteiger partial charge in [0, 0.05) is 6.61 Å². The first-order chi connectivity index (χ1) is 22.1. The van der Waals surface area contributed by atoms with E-state index in [0.29, 0.717) is 17.2 Å². The summed E-state index contributed by atoms with van der Waals surface area (Å²) in [5.74, 6) is 0.779. The number of carbonyl (C=O) groups excluding carboxylic acids is 1. The fraction of sp³-hybridized carbons (Fsp3) is 0.548. The van der Waals surface area contributed by atoms with E-state index in [1.165, 1.54) is 107 Å². The lowest BCUT2D eigenvalue weighted by atomic mass is 9.84. The average molecular weight is 613 g/mol. The van der Waals surface area contributed by atoms with Gasteiger partial charge in [0.05, 0.1) is 11.7 Å². The lowest BCUT2D eigenvalue weighted by Gasteiger charge is -2.21. The summed E-state index contributed by atoms with van der Waals surface area (Å²) < 4.78 is 11.7. The fourth-order valence-corrected chi connectivity index (χ4v) is 6.26. The Balaban J connectivity index is 1.54. The van der Waals surface area contributed by atoms with Gasteiger partial charge in [-0.2, -0.15) is 0 Å². The molecule has 3 rings (SSSR count). The van der Waals surface area contributed by atoms with Crippen molar-refractivity contribution in [1.82, 2.24) is 0 Å². The molecule has 3 heteroatoms. The summed E-state index contributed by atoms with van der Waals surface area (Å²) in [4.78, 5) is 13.0. The molecule has 0 amide bonds. The van der Waals surface area contributed by atoms with Gasteiger partial charge in [-0.3, -0.25) is 0 Å². The number of hydrogen-bond donors (Lipinski definition) is 0. The number of hydrogen-bond acceptors (Lipinski definition) is 3. The molecule has 45 heavy (non-hydrogen) atoms. The Labute approximate surface area is 275 Å². The highest BCUT2D eigenvalue weighted by Crippen LogP contribution is 2.35. The van der Waals surface area contributed by atoms with Crippen molar-refractivity contribution in [3.8, 4) is 16.9 Å². The van der Waals surface area contributed by atoms with Crippen LogP contribution in [0.25, 0.3) is 11.1 Å². The van der Waals surface area contributed by atoms with Gasteiger partial charge in [0.15, 0.2) is 0 Å². The topological polar surface area (TPSA) is 35.5 Å². The monoisotopic (exact) mass is 612 g/mol. The molecule has 0 saturated carbocycles. The third-order valence-electron chi connectivity index (χ3n) is 9.05. The molecule has 0 bridgehead atoms. The molecular formula is C42H60O3. The lowest BCUT2D eigenvalue weighted by molar-refractivity contribution is 0.0627. The Hall–Kier alpha value is -2.91. The Morgan fingerprint density at radius 1 is 0.622 bits per heavy atom. The van der Waals surface area contributed by atoms with E-state index in [0.717, 1.165) is 24.2 Å². The molecule has 246 valence electrons. The van der Waals surface area contributed by atoms with E-state index in [9.17, 15) is 4.79 Å². The molecule has 0 heterocycles. The summed E-state index contributed by atoms with van der Waals surface area (Å²) in [5.41, 5.74) is 5.53. The molecule has 0 aliphatic heterocycles. The molecule has 0 fully saturated rings. The van der Waals surface area contributed by atoms with Crippen LogP contribution in [-0.4, -0.2) is 12.6 Å². The summed E-state index contributed by atoms with van der Waals surface area (Å²) in [5, 5.41) is 0. The van der Waals surface area contributed by atoms with Gasteiger partial charge in [-0.1, -0.05) is 153 Å². The normalized spacial score (nSPS) is 12.6. The molecule has 0 spiro atoms. The number of benzene rings is 3. The maximum Gasteiger partial charge on any atom is 0.343 e. The highest BCUT2D eigenvalue weighted by molar-refractivity contribution is 5.91. The second-order valence-corrected chi connectivity index (χ2v) is 12.8. The molecule has 0 radical (unpaired) electrons. The molecule has 2 unspecified atom stereocenters. The van der Waals surface area contributed by atoms with Gasteiger partial charge in [-0.05, 0) is 78.6 Å². The zero-order chi connectivity index (χ0) is 32.1. The van der Waals surface area contributed by atoms with E-state index in [1.807, 2.05) is 36.4 Å². The zero-order valence-corrected chi connectivity index (χ0v) is 28.8.